The van der Waals surface area contributed by atoms with Gasteiger partial charge in [0.25, 0.3) is 5.91 Å². The Kier molecular flexibility index (Phi) is 5.46. The van der Waals surface area contributed by atoms with Crippen molar-refractivity contribution in [2.75, 3.05) is 17.0 Å². The highest BCUT2D eigenvalue weighted by atomic mass is 32.2. The molecule has 1 amide bonds. The number of nitrogens with one attached hydrogen (secondary N) is 2. The monoisotopic (exact) mass is 374 g/mol. The van der Waals surface area contributed by atoms with Crippen LogP contribution in [-0.4, -0.2) is 32.7 Å². The first-order valence-corrected chi connectivity index (χ1v) is 10.3. The second kappa shape index (κ2) is 7.78. The number of amides is 1. The third kappa shape index (κ3) is 4.35. The summed E-state index contributed by atoms with van der Waals surface area (Å²) in [6.45, 7) is 2.14. The molecule has 0 aromatic heterocycles. The molecule has 3 rings (SSSR count). The van der Waals surface area contributed by atoms with Gasteiger partial charge in [0.2, 0.25) is 10.0 Å². The molecule has 1 aliphatic rings. The minimum Gasteiger partial charge on any atom is -0.488 e. The molecular formula is C19H22N2O4S. The first-order valence-electron chi connectivity index (χ1n) is 8.61. The first-order chi connectivity index (χ1) is 12.5. The molecule has 0 radical (unpaired) electrons. The molecular weight excluding hydrogens is 352 g/mol. The number of fused-ring (bicyclic) bond motifs is 1. The normalized spacial score (nSPS) is 15.8. The van der Waals surface area contributed by atoms with Crippen molar-refractivity contribution in [3.8, 4) is 5.75 Å². The number of carbonyl (C=O) groups is 1. The van der Waals surface area contributed by atoms with Crippen LogP contribution in [0.2, 0.25) is 0 Å². The van der Waals surface area contributed by atoms with Crippen molar-refractivity contribution in [1.29, 1.82) is 0 Å². The van der Waals surface area contributed by atoms with Crippen molar-refractivity contribution >= 4 is 21.6 Å². The van der Waals surface area contributed by atoms with Gasteiger partial charge in [-0.05, 0) is 30.2 Å². The van der Waals surface area contributed by atoms with Crippen LogP contribution in [0.3, 0.4) is 0 Å². The van der Waals surface area contributed by atoms with Crippen molar-refractivity contribution < 1.29 is 17.9 Å². The van der Waals surface area contributed by atoms with Gasteiger partial charge in [-0.15, -0.1) is 0 Å². The maximum absolute atomic E-state index is 12.5. The molecule has 26 heavy (non-hydrogen) atoms. The zero-order valence-electron chi connectivity index (χ0n) is 14.6. The van der Waals surface area contributed by atoms with Crippen molar-refractivity contribution in [2.45, 2.75) is 25.9 Å². The lowest BCUT2D eigenvalue weighted by Gasteiger charge is -2.14. The van der Waals surface area contributed by atoms with Crippen LogP contribution in [-0.2, 0) is 16.4 Å². The summed E-state index contributed by atoms with van der Waals surface area (Å²) in [6.07, 6.45) is 1.12. The lowest BCUT2D eigenvalue weighted by Crippen LogP contribution is -2.35. The molecule has 1 atom stereocenters. The predicted octanol–water partition coefficient (Wildman–Crippen LogP) is 2.57. The van der Waals surface area contributed by atoms with E-state index in [0.29, 0.717) is 18.5 Å². The van der Waals surface area contributed by atoms with E-state index in [-0.39, 0.29) is 23.5 Å². The fourth-order valence-corrected chi connectivity index (χ4v) is 4.08. The third-order valence-electron chi connectivity index (χ3n) is 4.11. The summed E-state index contributed by atoms with van der Waals surface area (Å²) >= 11 is 0. The Hall–Kier alpha value is -2.54. The molecule has 7 heteroatoms. The minimum atomic E-state index is -3.46. The van der Waals surface area contributed by atoms with Crippen LogP contribution >= 0.6 is 0 Å². The summed E-state index contributed by atoms with van der Waals surface area (Å²) in [4.78, 5) is 12.5. The maximum atomic E-state index is 12.5. The predicted molar refractivity (Wildman–Crippen MR) is 101 cm³/mol. The highest BCUT2D eigenvalue weighted by Crippen LogP contribution is 2.27. The Morgan fingerprint density at radius 3 is 2.65 bits per heavy atom. The Bertz CT molecular complexity index is 871. The first kappa shape index (κ1) is 18.3. The van der Waals surface area contributed by atoms with Gasteiger partial charge in [0.15, 0.2) is 0 Å². The molecule has 0 bridgehead atoms. The van der Waals surface area contributed by atoms with Crippen LogP contribution in [0.15, 0.2) is 48.5 Å². The molecule has 1 heterocycles. The zero-order valence-corrected chi connectivity index (χ0v) is 15.4. The SMILES string of the molecule is CCCS(=O)(=O)Nc1ccccc1C(=O)NCC1Cc2ccccc2O1. The van der Waals surface area contributed by atoms with Crippen molar-refractivity contribution in [3.63, 3.8) is 0 Å². The second-order valence-corrected chi connectivity index (χ2v) is 8.07. The number of benzene rings is 2. The summed E-state index contributed by atoms with van der Waals surface area (Å²) < 4.78 is 32.3. The zero-order chi connectivity index (χ0) is 18.6. The number of hydrogen-bond acceptors (Lipinski definition) is 4. The van der Waals surface area contributed by atoms with E-state index in [9.17, 15) is 13.2 Å². The van der Waals surface area contributed by atoms with Crippen LogP contribution in [0.5, 0.6) is 5.75 Å². The largest absolute Gasteiger partial charge is 0.488 e. The van der Waals surface area contributed by atoms with Gasteiger partial charge in [-0.2, -0.15) is 0 Å². The molecule has 0 spiro atoms. The highest BCUT2D eigenvalue weighted by molar-refractivity contribution is 7.92. The van der Waals surface area contributed by atoms with Gasteiger partial charge < -0.3 is 10.1 Å². The second-order valence-electron chi connectivity index (χ2n) is 6.23. The Balaban J connectivity index is 1.64. The number of carbonyl (C=O) groups excluding carboxylic acids is 1. The topological polar surface area (TPSA) is 84.5 Å². The van der Waals surface area contributed by atoms with E-state index in [4.69, 9.17) is 4.74 Å². The average Bonchev–Trinajstić information content (AvgIpc) is 3.02. The number of sulfonamides is 1. The lowest BCUT2D eigenvalue weighted by atomic mass is 10.1. The summed E-state index contributed by atoms with van der Waals surface area (Å²) in [5.74, 6) is 0.524. The van der Waals surface area contributed by atoms with Gasteiger partial charge in [-0.1, -0.05) is 37.3 Å². The van der Waals surface area contributed by atoms with Gasteiger partial charge in [-0.3, -0.25) is 9.52 Å². The van der Waals surface area contributed by atoms with Crippen LogP contribution in [0.25, 0.3) is 0 Å². The van der Waals surface area contributed by atoms with Crippen LogP contribution in [0.1, 0.15) is 29.3 Å². The number of anilines is 1. The standard InChI is InChI=1S/C19H22N2O4S/c1-2-11-26(23,24)21-17-9-5-4-8-16(17)19(22)20-13-15-12-14-7-3-6-10-18(14)25-15/h3-10,15,21H,2,11-13H2,1H3,(H,20,22). The van der Waals surface area contributed by atoms with Gasteiger partial charge in [0.05, 0.1) is 23.5 Å². The van der Waals surface area contributed by atoms with Crippen LogP contribution in [0.4, 0.5) is 5.69 Å². The van der Waals surface area contributed by atoms with E-state index in [1.807, 2.05) is 24.3 Å². The van der Waals surface area contributed by atoms with Crippen LogP contribution in [0, 0.1) is 0 Å². The van der Waals surface area contributed by atoms with Gasteiger partial charge in [-0.25, -0.2) is 8.42 Å². The van der Waals surface area contributed by atoms with E-state index in [2.05, 4.69) is 10.0 Å². The number of rotatable bonds is 7. The van der Waals surface area contributed by atoms with E-state index >= 15 is 0 Å². The molecule has 0 aliphatic carbocycles. The van der Waals surface area contributed by atoms with Crippen molar-refractivity contribution in [2.24, 2.45) is 0 Å². The molecule has 2 N–H and O–H groups in total. The Morgan fingerprint density at radius 1 is 1.15 bits per heavy atom. The summed E-state index contributed by atoms with van der Waals surface area (Å²) in [7, 11) is -3.46. The van der Waals surface area contributed by atoms with E-state index in [0.717, 1.165) is 17.7 Å². The molecule has 1 unspecified atom stereocenters. The highest BCUT2D eigenvalue weighted by Gasteiger charge is 2.23. The molecule has 138 valence electrons. The smallest absolute Gasteiger partial charge is 0.253 e. The number of hydrogen-bond donors (Lipinski definition) is 2. The van der Waals surface area contributed by atoms with Gasteiger partial charge in [0, 0.05) is 6.42 Å². The fourth-order valence-electron chi connectivity index (χ4n) is 2.93. The van der Waals surface area contributed by atoms with Gasteiger partial charge in [0.1, 0.15) is 11.9 Å². The Labute approximate surface area is 153 Å². The average molecular weight is 374 g/mol. The summed E-state index contributed by atoms with van der Waals surface area (Å²) in [5, 5.41) is 2.84. The molecule has 0 saturated heterocycles. The maximum Gasteiger partial charge on any atom is 0.253 e. The summed E-state index contributed by atoms with van der Waals surface area (Å²) in [6, 6.07) is 14.4. The third-order valence-corrected chi connectivity index (χ3v) is 5.59. The molecule has 0 fully saturated rings. The lowest BCUT2D eigenvalue weighted by molar-refractivity contribution is 0.0934. The van der Waals surface area contributed by atoms with E-state index in [1.165, 1.54) is 0 Å². The quantitative estimate of drug-likeness (QED) is 0.780. The minimum absolute atomic E-state index is 0.0110. The molecule has 2 aromatic rings. The Morgan fingerprint density at radius 2 is 1.88 bits per heavy atom. The summed E-state index contributed by atoms with van der Waals surface area (Å²) in [5.41, 5.74) is 1.70. The van der Waals surface area contributed by atoms with Crippen molar-refractivity contribution in [1.82, 2.24) is 5.32 Å². The molecule has 2 aromatic carbocycles. The fraction of sp³-hybridized carbons (Fsp3) is 0.316. The van der Waals surface area contributed by atoms with Crippen molar-refractivity contribution in [3.05, 3.63) is 59.7 Å². The molecule has 0 saturated carbocycles. The van der Waals surface area contributed by atoms with Gasteiger partial charge >= 0.3 is 0 Å². The van der Waals surface area contributed by atoms with E-state index < -0.39 is 10.0 Å². The molecule has 1 aliphatic heterocycles. The number of ether oxygens (including phenoxy) is 1. The number of para-hydroxylation sites is 2. The van der Waals surface area contributed by atoms with E-state index in [1.54, 1.807) is 31.2 Å². The molecule has 6 nitrogen and oxygen atoms in total. The van der Waals surface area contributed by atoms with Crippen LogP contribution < -0.4 is 14.8 Å².